The molecule has 108 valence electrons. The van der Waals surface area contributed by atoms with Crippen LogP contribution >= 0.6 is 22.6 Å². The van der Waals surface area contributed by atoms with Crippen LogP contribution in [0.5, 0.6) is 0 Å². The lowest BCUT2D eigenvalue weighted by molar-refractivity contribution is -0.384. The summed E-state index contributed by atoms with van der Waals surface area (Å²) in [6, 6.07) is 11.1. The van der Waals surface area contributed by atoms with Crippen molar-refractivity contribution in [2.45, 2.75) is 0 Å². The molecule has 7 heteroatoms. The van der Waals surface area contributed by atoms with E-state index < -0.39 is 10.9 Å². The second kappa shape index (κ2) is 6.08. The summed E-state index contributed by atoms with van der Waals surface area (Å²) in [5.74, 6) is -1.13. The van der Waals surface area contributed by atoms with Crippen LogP contribution in [0.25, 0.3) is 0 Å². The molecule has 0 spiro atoms. The Hall–Kier alpha value is -2.16. The average Bonchev–Trinajstić information content (AvgIpc) is 2.46. The monoisotopic (exact) mass is 398 g/mol. The van der Waals surface area contributed by atoms with E-state index in [1.54, 1.807) is 11.9 Å². The minimum absolute atomic E-state index is 0.0154. The third-order valence-electron chi connectivity index (χ3n) is 3.00. The molecule has 0 saturated heterocycles. The number of carboxylic acid groups (broad SMARTS) is 1. The van der Waals surface area contributed by atoms with Crippen LogP contribution in [0.3, 0.4) is 0 Å². The van der Waals surface area contributed by atoms with Crippen LogP contribution in [-0.4, -0.2) is 23.0 Å². The van der Waals surface area contributed by atoms with Gasteiger partial charge in [-0.3, -0.25) is 10.1 Å². The van der Waals surface area contributed by atoms with Gasteiger partial charge in [0.1, 0.15) is 0 Å². The molecule has 1 N–H and O–H groups in total. The van der Waals surface area contributed by atoms with Gasteiger partial charge in [-0.2, -0.15) is 0 Å². The van der Waals surface area contributed by atoms with E-state index in [0.29, 0.717) is 0 Å². The number of hydrogen-bond donors (Lipinski definition) is 1. The maximum Gasteiger partial charge on any atom is 0.337 e. The summed E-state index contributed by atoms with van der Waals surface area (Å²) in [5, 5.41) is 20.1. The number of nitro benzene ring substituents is 1. The van der Waals surface area contributed by atoms with Gasteiger partial charge in [-0.25, -0.2) is 4.79 Å². The van der Waals surface area contributed by atoms with E-state index in [1.165, 1.54) is 18.2 Å². The highest BCUT2D eigenvalue weighted by Crippen LogP contribution is 2.31. The molecule has 6 nitrogen and oxygen atoms in total. The third-order valence-corrected chi connectivity index (χ3v) is 3.72. The Kier molecular flexibility index (Phi) is 4.41. The lowest BCUT2D eigenvalue weighted by Gasteiger charge is -2.21. The maximum atomic E-state index is 11.3. The number of anilines is 2. The maximum absolute atomic E-state index is 11.3. The van der Waals surface area contributed by atoms with Gasteiger partial charge < -0.3 is 10.0 Å². The van der Waals surface area contributed by atoms with Crippen molar-refractivity contribution < 1.29 is 14.8 Å². The summed E-state index contributed by atoms with van der Waals surface area (Å²) in [6.45, 7) is 0. The summed E-state index contributed by atoms with van der Waals surface area (Å²) in [6.07, 6.45) is 0. The number of carboxylic acids is 1. The van der Waals surface area contributed by atoms with Gasteiger partial charge in [0.05, 0.1) is 16.2 Å². The molecule has 0 aromatic heterocycles. The smallest absolute Gasteiger partial charge is 0.337 e. The van der Waals surface area contributed by atoms with E-state index in [0.717, 1.165) is 9.26 Å². The standard InChI is InChI=1S/C14H11IN2O4/c1-16(10-4-2-9(15)3-5-10)13-8-11(17(20)21)6-7-12(13)14(18)19/h2-8H,1H3,(H,18,19). The Labute approximate surface area is 134 Å². The van der Waals surface area contributed by atoms with Crippen LogP contribution in [-0.2, 0) is 0 Å². The predicted octanol–water partition coefficient (Wildman–Crippen LogP) is 3.67. The minimum Gasteiger partial charge on any atom is -0.478 e. The molecule has 2 rings (SSSR count). The normalized spacial score (nSPS) is 10.2. The number of carbonyl (C=O) groups is 1. The van der Waals surface area contributed by atoms with Gasteiger partial charge in [-0.15, -0.1) is 0 Å². The summed E-state index contributed by atoms with van der Waals surface area (Å²) < 4.78 is 1.04. The molecular weight excluding hydrogens is 387 g/mol. The van der Waals surface area contributed by atoms with Gasteiger partial charge in [-0.1, -0.05) is 0 Å². The van der Waals surface area contributed by atoms with Crippen LogP contribution in [0.15, 0.2) is 42.5 Å². The van der Waals surface area contributed by atoms with Crippen LogP contribution < -0.4 is 4.90 Å². The quantitative estimate of drug-likeness (QED) is 0.483. The Morgan fingerprint density at radius 3 is 2.38 bits per heavy atom. The van der Waals surface area contributed by atoms with Crippen molar-refractivity contribution in [3.05, 3.63) is 61.7 Å². The first-order chi connectivity index (χ1) is 9.90. The number of hydrogen-bond acceptors (Lipinski definition) is 4. The van der Waals surface area contributed by atoms with Crippen molar-refractivity contribution in [2.24, 2.45) is 0 Å². The number of non-ortho nitro benzene ring substituents is 1. The highest BCUT2D eigenvalue weighted by molar-refractivity contribution is 14.1. The Balaban J connectivity index is 2.53. The molecule has 0 unspecified atom stereocenters. The summed E-state index contributed by atoms with van der Waals surface area (Å²) in [7, 11) is 1.67. The number of benzene rings is 2. The van der Waals surface area contributed by atoms with Crippen LogP contribution in [0.4, 0.5) is 17.1 Å². The van der Waals surface area contributed by atoms with Gasteiger partial charge in [0.25, 0.3) is 5.69 Å². The minimum atomic E-state index is -1.13. The van der Waals surface area contributed by atoms with Crippen molar-refractivity contribution in [3.8, 4) is 0 Å². The van der Waals surface area contributed by atoms with Crippen molar-refractivity contribution >= 4 is 45.6 Å². The Morgan fingerprint density at radius 1 is 1.24 bits per heavy atom. The number of nitrogens with zero attached hydrogens (tertiary/aromatic N) is 2. The zero-order valence-electron chi connectivity index (χ0n) is 11.0. The third kappa shape index (κ3) is 3.30. The van der Waals surface area contributed by atoms with E-state index in [4.69, 9.17) is 0 Å². The number of halogens is 1. The Morgan fingerprint density at radius 2 is 1.86 bits per heavy atom. The van der Waals surface area contributed by atoms with Gasteiger partial charge in [0.2, 0.25) is 0 Å². The lowest BCUT2D eigenvalue weighted by Crippen LogP contribution is -2.14. The average molecular weight is 398 g/mol. The van der Waals surface area contributed by atoms with Crippen molar-refractivity contribution in [3.63, 3.8) is 0 Å². The zero-order chi connectivity index (χ0) is 15.6. The van der Waals surface area contributed by atoms with Crippen molar-refractivity contribution in [2.75, 3.05) is 11.9 Å². The van der Waals surface area contributed by atoms with Crippen molar-refractivity contribution in [1.82, 2.24) is 0 Å². The van der Waals surface area contributed by atoms with Crippen LogP contribution in [0.1, 0.15) is 10.4 Å². The second-order valence-electron chi connectivity index (χ2n) is 4.30. The highest BCUT2D eigenvalue weighted by atomic mass is 127. The molecular formula is C14H11IN2O4. The first-order valence-electron chi connectivity index (χ1n) is 5.91. The van der Waals surface area contributed by atoms with E-state index in [9.17, 15) is 20.0 Å². The van der Waals surface area contributed by atoms with Gasteiger partial charge in [-0.05, 0) is 52.9 Å². The second-order valence-corrected chi connectivity index (χ2v) is 5.54. The summed E-state index contributed by atoms with van der Waals surface area (Å²) in [5.41, 5.74) is 0.894. The molecule has 0 aliphatic rings. The lowest BCUT2D eigenvalue weighted by atomic mass is 10.1. The van der Waals surface area contributed by atoms with E-state index in [-0.39, 0.29) is 16.9 Å². The molecule has 0 aliphatic carbocycles. The molecule has 0 atom stereocenters. The number of rotatable bonds is 4. The first-order valence-corrected chi connectivity index (χ1v) is 6.99. The molecule has 2 aromatic carbocycles. The van der Waals surface area contributed by atoms with E-state index in [2.05, 4.69) is 22.6 Å². The fourth-order valence-corrected chi connectivity index (χ4v) is 2.26. The molecule has 0 heterocycles. The van der Waals surface area contributed by atoms with Crippen LogP contribution in [0, 0.1) is 13.7 Å². The van der Waals surface area contributed by atoms with Crippen LogP contribution in [0.2, 0.25) is 0 Å². The highest BCUT2D eigenvalue weighted by Gasteiger charge is 2.19. The molecule has 0 amide bonds. The molecule has 0 fully saturated rings. The number of nitro groups is 1. The van der Waals surface area contributed by atoms with Gasteiger partial charge in [0.15, 0.2) is 0 Å². The largest absolute Gasteiger partial charge is 0.478 e. The predicted molar refractivity (Wildman–Crippen MR) is 87.3 cm³/mol. The molecule has 0 bridgehead atoms. The fourth-order valence-electron chi connectivity index (χ4n) is 1.90. The molecule has 0 aliphatic heterocycles. The molecule has 0 radical (unpaired) electrons. The SMILES string of the molecule is CN(c1ccc(I)cc1)c1cc([N+](=O)[O-])ccc1C(=O)O. The Bertz CT molecular complexity index is 701. The summed E-state index contributed by atoms with van der Waals surface area (Å²) in [4.78, 5) is 23.2. The molecule has 0 saturated carbocycles. The van der Waals surface area contributed by atoms with E-state index >= 15 is 0 Å². The molecule has 2 aromatic rings. The van der Waals surface area contributed by atoms with Crippen molar-refractivity contribution in [1.29, 1.82) is 0 Å². The van der Waals surface area contributed by atoms with Gasteiger partial charge in [0, 0.05) is 28.4 Å². The topological polar surface area (TPSA) is 83.7 Å². The van der Waals surface area contributed by atoms with E-state index in [1.807, 2.05) is 24.3 Å². The summed E-state index contributed by atoms with van der Waals surface area (Å²) >= 11 is 2.16. The molecule has 21 heavy (non-hydrogen) atoms. The fraction of sp³-hybridized carbons (Fsp3) is 0.0714. The first kappa shape index (κ1) is 15.2. The van der Waals surface area contributed by atoms with Gasteiger partial charge >= 0.3 is 5.97 Å². The zero-order valence-corrected chi connectivity index (χ0v) is 13.1. The number of aromatic carboxylic acids is 1.